The van der Waals surface area contributed by atoms with Crippen LogP contribution in [-0.2, 0) is 15.1 Å². The maximum absolute atomic E-state index is 12.7. The predicted molar refractivity (Wildman–Crippen MR) is 92.7 cm³/mol. The highest BCUT2D eigenvalue weighted by atomic mass is 35.5. The molecule has 0 heterocycles. The molecule has 0 saturated heterocycles. The maximum atomic E-state index is 12.7. The second-order valence-corrected chi connectivity index (χ2v) is 7.76. The number of amides is 1. The summed E-state index contributed by atoms with van der Waals surface area (Å²) >= 11 is 5.79. The van der Waals surface area contributed by atoms with Crippen LogP contribution < -0.4 is 10.1 Å². The lowest BCUT2D eigenvalue weighted by atomic mass is 9.75. The van der Waals surface area contributed by atoms with Crippen LogP contribution in [0, 0.1) is 0 Å². The first-order chi connectivity index (χ1) is 12.3. The molecule has 150 valence electrons. The first-order valence-electron chi connectivity index (χ1n) is 8.43. The molecule has 0 aliphatic heterocycles. The van der Waals surface area contributed by atoms with E-state index in [1.54, 1.807) is 20.8 Å². The zero-order valence-corrected chi connectivity index (χ0v) is 16.0. The van der Waals surface area contributed by atoms with Gasteiger partial charge in [-0.25, -0.2) is 4.79 Å². The highest BCUT2D eigenvalue weighted by Crippen LogP contribution is 2.39. The van der Waals surface area contributed by atoms with Crippen LogP contribution in [0.25, 0.3) is 0 Å². The van der Waals surface area contributed by atoms with E-state index in [-0.39, 0.29) is 29.2 Å². The Morgan fingerprint density at radius 3 is 2.44 bits per heavy atom. The van der Waals surface area contributed by atoms with Gasteiger partial charge in [-0.05, 0) is 57.7 Å². The van der Waals surface area contributed by atoms with Gasteiger partial charge in [-0.1, -0.05) is 17.7 Å². The topological polar surface area (TPSA) is 64.6 Å². The number of nitrogens with one attached hydrogen (secondary N) is 1. The molecule has 5 nitrogen and oxygen atoms in total. The molecule has 9 heteroatoms. The molecule has 1 fully saturated rings. The average molecular weight is 408 g/mol. The Bertz CT molecular complexity index is 730. The van der Waals surface area contributed by atoms with E-state index < -0.39 is 29.3 Å². The lowest BCUT2D eigenvalue weighted by Gasteiger charge is -2.37. The lowest BCUT2D eigenvalue weighted by Crippen LogP contribution is -2.54. The smallest absolute Gasteiger partial charge is 0.444 e. The van der Waals surface area contributed by atoms with E-state index >= 15 is 0 Å². The molecular formula is C18H21ClF3NO4. The van der Waals surface area contributed by atoms with Crippen molar-refractivity contribution in [1.29, 1.82) is 0 Å². The van der Waals surface area contributed by atoms with Crippen molar-refractivity contribution in [2.24, 2.45) is 0 Å². The summed E-state index contributed by atoms with van der Waals surface area (Å²) in [6, 6.07) is 3.65. The molecule has 1 aromatic rings. The third-order valence-corrected chi connectivity index (χ3v) is 4.36. The fourth-order valence-corrected chi connectivity index (χ4v) is 3.14. The summed E-state index contributed by atoms with van der Waals surface area (Å²) in [7, 11) is 0. The number of carbonyl (C=O) groups excluding carboxylic acids is 2. The quantitative estimate of drug-likeness (QED) is 0.756. The van der Waals surface area contributed by atoms with E-state index in [1.807, 2.05) is 0 Å². The van der Waals surface area contributed by atoms with Crippen LogP contribution in [0.5, 0.6) is 5.75 Å². The van der Waals surface area contributed by atoms with E-state index in [4.69, 9.17) is 16.3 Å². The molecule has 0 radical (unpaired) electrons. The SMILES string of the molecule is CC(C)(C)OC(=O)NC1(c2ccc(Cl)c(OC(F)(F)F)c2)CCCCC1=O. The lowest BCUT2D eigenvalue weighted by molar-refractivity contribution is -0.274. The molecule has 0 aromatic heterocycles. The molecule has 1 aliphatic rings. The number of hydrogen-bond donors (Lipinski definition) is 1. The van der Waals surface area contributed by atoms with Gasteiger partial charge >= 0.3 is 12.5 Å². The van der Waals surface area contributed by atoms with Gasteiger partial charge in [-0.2, -0.15) is 0 Å². The van der Waals surface area contributed by atoms with Crippen molar-refractivity contribution < 1.29 is 32.2 Å². The average Bonchev–Trinajstić information content (AvgIpc) is 2.48. The van der Waals surface area contributed by atoms with E-state index in [2.05, 4.69) is 10.1 Å². The monoisotopic (exact) mass is 407 g/mol. The van der Waals surface area contributed by atoms with Gasteiger partial charge in [0.1, 0.15) is 16.9 Å². The summed E-state index contributed by atoms with van der Waals surface area (Å²) in [6.07, 6.45) is -4.10. The van der Waals surface area contributed by atoms with Gasteiger partial charge in [-0.3, -0.25) is 4.79 Å². The summed E-state index contributed by atoms with van der Waals surface area (Å²) in [4.78, 5) is 25.0. The molecule has 1 atom stereocenters. The number of rotatable bonds is 3. The molecule has 0 bridgehead atoms. The van der Waals surface area contributed by atoms with E-state index in [0.29, 0.717) is 12.8 Å². The van der Waals surface area contributed by atoms with E-state index in [9.17, 15) is 22.8 Å². The van der Waals surface area contributed by atoms with Crippen molar-refractivity contribution in [3.8, 4) is 5.75 Å². The minimum absolute atomic E-state index is 0.168. The summed E-state index contributed by atoms with van der Waals surface area (Å²) < 4.78 is 47.1. The molecule has 1 unspecified atom stereocenters. The standard InChI is InChI=1S/C18H21ClF3NO4/c1-16(2,3)27-15(25)23-17(9-5-4-6-14(17)24)11-7-8-12(19)13(10-11)26-18(20,21)22/h7-8,10H,4-6,9H2,1-3H3,(H,23,25). The Balaban J connectivity index is 2.44. The third-order valence-electron chi connectivity index (χ3n) is 4.05. The number of carbonyl (C=O) groups is 2. The second kappa shape index (κ2) is 7.58. The van der Waals surface area contributed by atoms with Gasteiger partial charge < -0.3 is 14.8 Å². The van der Waals surface area contributed by atoms with Crippen molar-refractivity contribution in [3.05, 3.63) is 28.8 Å². The van der Waals surface area contributed by atoms with Gasteiger partial charge in [0.2, 0.25) is 0 Å². The predicted octanol–water partition coefficient (Wildman–Crippen LogP) is 5.10. The van der Waals surface area contributed by atoms with Gasteiger partial charge in [0, 0.05) is 6.42 Å². The number of alkyl halides is 3. The van der Waals surface area contributed by atoms with Crippen LogP contribution in [0.3, 0.4) is 0 Å². The largest absolute Gasteiger partial charge is 0.573 e. The molecule has 1 aliphatic carbocycles. The Kier molecular flexibility index (Phi) is 5.99. The first kappa shape index (κ1) is 21.3. The first-order valence-corrected chi connectivity index (χ1v) is 8.80. The number of halogens is 4. The number of ketones is 1. The fraction of sp³-hybridized carbons (Fsp3) is 0.556. The Morgan fingerprint density at radius 1 is 1.22 bits per heavy atom. The minimum atomic E-state index is -4.94. The number of benzene rings is 1. The number of hydrogen-bond acceptors (Lipinski definition) is 4. The van der Waals surface area contributed by atoms with Crippen LogP contribution >= 0.6 is 11.6 Å². The number of Topliss-reactive ketones (excluding diaryl/α,β-unsaturated/α-hetero) is 1. The molecule has 1 saturated carbocycles. The maximum Gasteiger partial charge on any atom is 0.573 e. The molecule has 1 amide bonds. The number of ether oxygens (including phenoxy) is 2. The van der Waals surface area contributed by atoms with Gasteiger partial charge in [0.25, 0.3) is 0 Å². The normalized spacial score (nSPS) is 20.9. The molecule has 2 rings (SSSR count). The van der Waals surface area contributed by atoms with Crippen molar-refractivity contribution >= 4 is 23.5 Å². The minimum Gasteiger partial charge on any atom is -0.444 e. The van der Waals surface area contributed by atoms with Crippen LogP contribution in [-0.4, -0.2) is 23.8 Å². The summed E-state index contributed by atoms with van der Waals surface area (Å²) in [6.45, 7) is 5.00. The Hall–Kier alpha value is -1.96. The summed E-state index contributed by atoms with van der Waals surface area (Å²) in [5.41, 5.74) is -2.12. The van der Waals surface area contributed by atoms with E-state index in [0.717, 1.165) is 6.07 Å². The van der Waals surface area contributed by atoms with Gasteiger partial charge in [-0.15, -0.1) is 13.2 Å². The van der Waals surface area contributed by atoms with Gasteiger partial charge in [0.15, 0.2) is 5.78 Å². The zero-order chi connectivity index (χ0) is 20.5. The van der Waals surface area contributed by atoms with Crippen LogP contribution in [0.1, 0.15) is 52.0 Å². The van der Waals surface area contributed by atoms with Crippen molar-refractivity contribution in [1.82, 2.24) is 5.32 Å². The number of alkyl carbamates (subject to hydrolysis) is 1. The summed E-state index contributed by atoms with van der Waals surface area (Å²) in [5.74, 6) is -0.940. The van der Waals surface area contributed by atoms with Crippen LogP contribution in [0.4, 0.5) is 18.0 Å². The third kappa shape index (κ3) is 5.51. The highest BCUT2D eigenvalue weighted by Gasteiger charge is 2.44. The second-order valence-electron chi connectivity index (χ2n) is 7.36. The molecule has 1 N–H and O–H groups in total. The van der Waals surface area contributed by atoms with Crippen molar-refractivity contribution in [2.45, 2.75) is 64.0 Å². The molecular weight excluding hydrogens is 387 g/mol. The van der Waals surface area contributed by atoms with Crippen molar-refractivity contribution in [2.75, 3.05) is 0 Å². The fourth-order valence-electron chi connectivity index (χ4n) is 2.99. The van der Waals surface area contributed by atoms with E-state index in [1.165, 1.54) is 12.1 Å². The van der Waals surface area contributed by atoms with Crippen LogP contribution in [0.15, 0.2) is 18.2 Å². The molecule has 27 heavy (non-hydrogen) atoms. The molecule has 1 aromatic carbocycles. The Morgan fingerprint density at radius 2 is 1.89 bits per heavy atom. The molecule has 0 spiro atoms. The summed E-state index contributed by atoms with van der Waals surface area (Å²) in [5, 5.41) is 2.32. The zero-order valence-electron chi connectivity index (χ0n) is 15.2. The Labute approximate surface area is 160 Å². The highest BCUT2D eigenvalue weighted by molar-refractivity contribution is 6.32. The van der Waals surface area contributed by atoms with Crippen molar-refractivity contribution in [3.63, 3.8) is 0 Å². The van der Waals surface area contributed by atoms with Crippen LogP contribution in [0.2, 0.25) is 5.02 Å². The van der Waals surface area contributed by atoms with Gasteiger partial charge in [0.05, 0.1) is 5.02 Å².